The van der Waals surface area contributed by atoms with Crippen LogP contribution in [0.4, 0.5) is 0 Å². The van der Waals surface area contributed by atoms with Gasteiger partial charge in [-0.3, -0.25) is 4.90 Å². The number of halogens is 1. The lowest BCUT2D eigenvalue weighted by molar-refractivity contribution is 0.187. The van der Waals surface area contributed by atoms with Crippen LogP contribution in [0.25, 0.3) is 0 Å². The fraction of sp³-hybridized carbons (Fsp3) is 0.615. The molecule has 1 aromatic rings. The normalized spacial score (nSPS) is 11.1. The molecule has 0 amide bonds. The summed E-state index contributed by atoms with van der Waals surface area (Å²) in [5, 5.41) is 9.57. The highest BCUT2D eigenvalue weighted by molar-refractivity contribution is 6.29. The van der Waals surface area contributed by atoms with Crippen LogP contribution in [0.15, 0.2) is 18.3 Å². The molecule has 1 N–H and O–H groups in total. The van der Waals surface area contributed by atoms with Crippen LogP contribution in [0.1, 0.15) is 31.7 Å². The van der Waals surface area contributed by atoms with Crippen molar-refractivity contribution in [2.75, 3.05) is 19.7 Å². The second-order valence-corrected chi connectivity index (χ2v) is 4.58. The number of aliphatic hydroxyl groups is 1. The molecular formula is C13H21ClN2O. The van der Waals surface area contributed by atoms with Crippen molar-refractivity contribution < 1.29 is 5.11 Å². The third-order valence-electron chi connectivity index (χ3n) is 2.69. The van der Waals surface area contributed by atoms with Crippen molar-refractivity contribution in [2.45, 2.75) is 32.7 Å². The fourth-order valence-electron chi connectivity index (χ4n) is 1.80. The highest BCUT2D eigenvalue weighted by Crippen LogP contribution is 2.10. The summed E-state index contributed by atoms with van der Waals surface area (Å²) in [5.74, 6) is 0. The molecule has 0 saturated heterocycles. The first-order chi connectivity index (χ1) is 8.26. The summed E-state index contributed by atoms with van der Waals surface area (Å²) in [7, 11) is 0. The molecule has 0 aliphatic heterocycles. The Hall–Kier alpha value is -0.640. The van der Waals surface area contributed by atoms with Crippen molar-refractivity contribution in [3.05, 3.63) is 29.0 Å². The SMILES string of the molecule is CCCCCN(CCO)Cc1ccnc(Cl)c1. The van der Waals surface area contributed by atoms with Gasteiger partial charge in [0.1, 0.15) is 5.15 Å². The van der Waals surface area contributed by atoms with Gasteiger partial charge in [0.25, 0.3) is 0 Å². The first-order valence-electron chi connectivity index (χ1n) is 6.20. The number of rotatable bonds is 8. The van der Waals surface area contributed by atoms with Gasteiger partial charge < -0.3 is 5.11 Å². The van der Waals surface area contributed by atoms with Crippen molar-refractivity contribution in [1.82, 2.24) is 9.88 Å². The molecule has 17 heavy (non-hydrogen) atoms. The quantitative estimate of drug-likeness (QED) is 0.574. The third-order valence-corrected chi connectivity index (χ3v) is 2.90. The van der Waals surface area contributed by atoms with Gasteiger partial charge in [0, 0.05) is 19.3 Å². The van der Waals surface area contributed by atoms with Gasteiger partial charge in [-0.15, -0.1) is 0 Å². The largest absolute Gasteiger partial charge is 0.395 e. The molecule has 0 bridgehead atoms. The Morgan fingerprint density at radius 2 is 2.18 bits per heavy atom. The molecule has 0 aromatic carbocycles. The lowest BCUT2D eigenvalue weighted by Gasteiger charge is -2.21. The van der Waals surface area contributed by atoms with Gasteiger partial charge in [-0.1, -0.05) is 31.4 Å². The van der Waals surface area contributed by atoms with Crippen LogP contribution in [0.3, 0.4) is 0 Å². The molecule has 3 nitrogen and oxygen atoms in total. The average molecular weight is 257 g/mol. The average Bonchev–Trinajstić information content (AvgIpc) is 2.29. The van der Waals surface area contributed by atoms with E-state index in [1.54, 1.807) is 6.20 Å². The summed E-state index contributed by atoms with van der Waals surface area (Å²) in [6.07, 6.45) is 5.35. The van der Waals surface area contributed by atoms with Gasteiger partial charge in [-0.05, 0) is 30.7 Å². The number of nitrogens with zero attached hydrogens (tertiary/aromatic N) is 2. The summed E-state index contributed by atoms with van der Waals surface area (Å²) in [6.45, 7) is 4.95. The molecule has 0 spiro atoms. The number of hydrogen-bond acceptors (Lipinski definition) is 3. The molecule has 96 valence electrons. The highest BCUT2D eigenvalue weighted by atomic mass is 35.5. The zero-order valence-electron chi connectivity index (χ0n) is 10.4. The summed E-state index contributed by atoms with van der Waals surface area (Å²) in [5.41, 5.74) is 1.15. The van der Waals surface area contributed by atoms with Crippen LogP contribution in [0.2, 0.25) is 5.15 Å². The Kier molecular flexibility index (Phi) is 7.17. The molecule has 0 radical (unpaired) electrons. The third kappa shape index (κ3) is 6.01. The number of hydrogen-bond donors (Lipinski definition) is 1. The van der Waals surface area contributed by atoms with E-state index in [0.717, 1.165) is 18.7 Å². The Morgan fingerprint density at radius 1 is 1.35 bits per heavy atom. The van der Waals surface area contributed by atoms with Crippen molar-refractivity contribution in [3.63, 3.8) is 0 Å². The van der Waals surface area contributed by atoms with Crippen molar-refractivity contribution >= 4 is 11.6 Å². The van der Waals surface area contributed by atoms with E-state index in [1.165, 1.54) is 19.3 Å². The zero-order chi connectivity index (χ0) is 12.5. The molecule has 4 heteroatoms. The summed E-state index contributed by atoms with van der Waals surface area (Å²) in [6, 6.07) is 3.85. The molecule has 1 aromatic heterocycles. The number of aromatic nitrogens is 1. The molecule has 0 fully saturated rings. The second kappa shape index (κ2) is 8.45. The van der Waals surface area contributed by atoms with Gasteiger partial charge in [-0.25, -0.2) is 4.98 Å². The molecule has 1 heterocycles. The van der Waals surface area contributed by atoms with E-state index < -0.39 is 0 Å². The Balaban J connectivity index is 2.47. The van der Waals surface area contributed by atoms with Crippen LogP contribution >= 0.6 is 11.6 Å². The fourth-order valence-corrected chi connectivity index (χ4v) is 1.99. The van der Waals surface area contributed by atoms with E-state index in [9.17, 15) is 0 Å². The standard InChI is InChI=1S/C13H21ClN2O/c1-2-3-4-7-16(8-9-17)11-12-5-6-15-13(14)10-12/h5-6,10,17H,2-4,7-9,11H2,1H3. The summed E-state index contributed by atoms with van der Waals surface area (Å²) >= 11 is 5.85. The van der Waals surface area contributed by atoms with Crippen LogP contribution in [-0.4, -0.2) is 34.7 Å². The van der Waals surface area contributed by atoms with Crippen molar-refractivity contribution in [2.24, 2.45) is 0 Å². The number of aliphatic hydroxyl groups excluding tert-OH is 1. The molecular weight excluding hydrogens is 236 g/mol. The smallest absolute Gasteiger partial charge is 0.129 e. The predicted molar refractivity (Wildman–Crippen MR) is 71.1 cm³/mol. The van der Waals surface area contributed by atoms with E-state index in [0.29, 0.717) is 11.7 Å². The predicted octanol–water partition coefficient (Wildman–Crippen LogP) is 2.72. The molecule has 0 aliphatic carbocycles. The monoisotopic (exact) mass is 256 g/mol. The first kappa shape index (κ1) is 14.4. The Bertz CT molecular complexity index is 320. The topological polar surface area (TPSA) is 36.4 Å². The second-order valence-electron chi connectivity index (χ2n) is 4.19. The number of pyridine rings is 1. The lowest BCUT2D eigenvalue weighted by atomic mass is 10.2. The van der Waals surface area contributed by atoms with Gasteiger partial charge in [0.2, 0.25) is 0 Å². The molecule has 1 rings (SSSR count). The van der Waals surface area contributed by atoms with Crippen LogP contribution in [0, 0.1) is 0 Å². The van der Waals surface area contributed by atoms with Gasteiger partial charge >= 0.3 is 0 Å². The molecule has 0 unspecified atom stereocenters. The number of unbranched alkanes of at least 4 members (excludes halogenated alkanes) is 2. The first-order valence-corrected chi connectivity index (χ1v) is 6.57. The summed E-state index contributed by atoms with van der Waals surface area (Å²) in [4.78, 5) is 6.22. The van der Waals surface area contributed by atoms with Crippen LogP contribution < -0.4 is 0 Å². The lowest BCUT2D eigenvalue weighted by Crippen LogP contribution is -2.27. The van der Waals surface area contributed by atoms with E-state index in [4.69, 9.17) is 16.7 Å². The minimum atomic E-state index is 0.199. The maximum Gasteiger partial charge on any atom is 0.129 e. The Morgan fingerprint density at radius 3 is 2.82 bits per heavy atom. The van der Waals surface area contributed by atoms with Crippen LogP contribution in [-0.2, 0) is 6.54 Å². The maximum atomic E-state index is 9.05. The van der Waals surface area contributed by atoms with E-state index >= 15 is 0 Å². The van der Waals surface area contributed by atoms with E-state index in [1.807, 2.05) is 12.1 Å². The van der Waals surface area contributed by atoms with Crippen molar-refractivity contribution in [1.29, 1.82) is 0 Å². The van der Waals surface area contributed by atoms with Gasteiger partial charge in [0.15, 0.2) is 0 Å². The zero-order valence-corrected chi connectivity index (χ0v) is 11.2. The minimum absolute atomic E-state index is 0.199. The minimum Gasteiger partial charge on any atom is -0.395 e. The molecule has 0 atom stereocenters. The van der Waals surface area contributed by atoms with E-state index in [-0.39, 0.29) is 6.61 Å². The molecule has 0 saturated carbocycles. The Labute approximate surface area is 108 Å². The maximum absolute atomic E-state index is 9.05. The highest BCUT2D eigenvalue weighted by Gasteiger charge is 2.05. The van der Waals surface area contributed by atoms with Gasteiger partial charge in [0.05, 0.1) is 6.61 Å². The molecule has 0 aliphatic rings. The van der Waals surface area contributed by atoms with Gasteiger partial charge in [-0.2, -0.15) is 0 Å². The van der Waals surface area contributed by atoms with Crippen molar-refractivity contribution in [3.8, 4) is 0 Å². The summed E-state index contributed by atoms with van der Waals surface area (Å²) < 4.78 is 0. The van der Waals surface area contributed by atoms with E-state index in [2.05, 4.69) is 16.8 Å². The van der Waals surface area contributed by atoms with Crippen LogP contribution in [0.5, 0.6) is 0 Å².